The summed E-state index contributed by atoms with van der Waals surface area (Å²) < 4.78 is 0. The van der Waals surface area contributed by atoms with Crippen LogP contribution in [0.4, 0.5) is 0 Å². The van der Waals surface area contributed by atoms with E-state index in [-0.39, 0.29) is 11.7 Å². The number of carbonyl (C=O) groups is 2. The molecular weight excluding hydrogens is 252 g/mol. The highest BCUT2D eigenvalue weighted by atomic mass is 16.2. The van der Waals surface area contributed by atoms with Gasteiger partial charge in [-0.1, -0.05) is 35.9 Å². The molecule has 1 aromatic carbocycles. The molecule has 0 aliphatic carbocycles. The maximum atomic E-state index is 12.2. The summed E-state index contributed by atoms with van der Waals surface area (Å²) >= 11 is 0. The van der Waals surface area contributed by atoms with E-state index in [1.807, 2.05) is 31.2 Å². The maximum absolute atomic E-state index is 12.2. The number of allylic oxidation sites excluding steroid dienone is 1. The molecule has 2 unspecified atom stereocenters. The van der Waals surface area contributed by atoms with E-state index in [9.17, 15) is 9.59 Å². The van der Waals surface area contributed by atoms with Gasteiger partial charge in [0.25, 0.3) is 0 Å². The average molecular weight is 272 g/mol. The van der Waals surface area contributed by atoms with Crippen molar-refractivity contribution < 1.29 is 9.59 Å². The summed E-state index contributed by atoms with van der Waals surface area (Å²) in [6.07, 6.45) is 4.75. The number of amides is 1. The van der Waals surface area contributed by atoms with Crippen molar-refractivity contribution >= 4 is 17.8 Å². The number of rotatable bonds is 3. The number of ketones is 1. The molecule has 0 radical (unpaired) electrons. The Morgan fingerprint density at radius 1 is 1.35 bits per heavy atom. The third-order valence-corrected chi connectivity index (χ3v) is 3.61. The van der Waals surface area contributed by atoms with Gasteiger partial charge < -0.3 is 11.1 Å². The Bertz CT molecular complexity index is 520. The van der Waals surface area contributed by atoms with Gasteiger partial charge in [-0.25, -0.2) is 0 Å². The predicted molar refractivity (Wildman–Crippen MR) is 78.9 cm³/mol. The molecule has 2 rings (SSSR count). The normalized spacial score (nSPS) is 23.4. The van der Waals surface area contributed by atoms with E-state index in [1.54, 1.807) is 6.08 Å². The van der Waals surface area contributed by atoms with E-state index in [0.29, 0.717) is 13.0 Å². The fraction of sp³-hybridized carbons (Fsp3) is 0.375. The summed E-state index contributed by atoms with van der Waals surface area (Å²) in [5, 5.41) is 2.72. The van der Waals surface area contributed by atoms with Crippen molar-refractivity contribution in [3.63, 3.8) is 0 Å². The second-order valence-corrected chi connectivity index (χ2v) is 5.21. The topological polar surface area (TPSA) is 72.2 Å². The molecule has 1 heterocycles. The van der Waals surface area contributed by atoms with Crippen molar-refractivity contribution in [3.05, 3.63) is 41.5 Å². The van der Waals surface area contributed by atoms with E-state index in [1.165, 1.54) is 11.6 Å². The molecule has 4 heteroatoms. The zero-order valence-corrected chi connectivity index (χ0v) is 11.6. The van der Waals surface area contributed by atoms with E-state index in [4.69, 9.17) is 5.73 Å². The third-order valence-electron chi connectivity index (χ3n) is 3.61. The van der Waals surface area contributed by atoms with Crippen LogP contribution in [0.1, 0.15) is 24.0 Å². The molecule has 3 N–H and O–H groups in total. The minimum Gasteiger partial charge on any atom is -0.355 e. The SMILES string of the molecule is Cc1ccc(C=CC(=O)C2CCCNC(=O)C2N)cc1. The smallest absolute Gasteiger partial charge is 0.237 e. The number of hydrogen-bond donors (Lipinski definition) is 2. The van der Waals surface area contributed by atoms with Crippen LogP contribution in [0.3, 0.4) is 0 Å². The molecule has 4 nitrogen and oxygen atoms in total. The van der Waals surface area contributed by atoms with Crippen LogP contribution in [0.5, 0.6) is 0 Å². The highest BCUT2D eigenvalue weighted by Crippen LogP contribution is 2.16. The molecular formula is C16H20N2O2. The van der Waals surface area contributed by atoms with Crippen molar-refractivity contribution in [1.29, 1.82) is 0 Å². The number of carbonyl (C=O) groups excluding carboxylic acids is 2. The molecule has 2 atom stereocenters. The van der Waals surface area contributed by atoms with Gasteiger partial charge in [-0.2, -0.15) is 0 Å². The maximum Gasteiger partial charge on any atom is 0.237 e. The standard InChI is InChI=1S/C16H20N2O2/c1-11-4-6-12(7-5-11)8-9-14(19)13-3-2-10-18-16(20)15(13)17/h4-9,13,15H,2-3,10,17H2,1H3,(H,18,20). The molecule has 0 bridgehead atoms. The summed E-state index contributed by atoms with van der Waals surface area (Å²) in [5.41, 5.74) is 7.99. The van der Waals surface area contributed by atoms with Crippen LogP contribution in [-0.2, 0) is 9.59 Å². The molecule has 1 amide bonds. The lowest BCUT2D eigenvalue weighted by Crippen LogP contribution is -2.45. The minimum atomic E-state index is -0.743. The summed E-state index contributed by atoms with van der Waals surface area (Å²) in [5.74, 6) is -0.723. The van der Waals surface area contributed by atoms with Crippen LogP contribution in [0, 0.1) is 12.8 Å². The zero-order chi connectivity index (χ0) is 14.5. The second kappa shape index (κ2) is 6.48. The van der Waals surface area contributed by atoms with Crippen LogP contribution in [0.25, 0.3) is 6.08 Å². The van der Waals surface area contributed by atoms with Crippen molar-refractivity contribution in [3.8, 4) is 0 Å². The van der Waals surface area contributed by atoms with Gasteiger partial charge in [-0.3, -0.25) is 9.59 Å². The van der Waals surface area contributed by atoms with Crippen molar-refractivity contribution in [1.82, 2.24) is 5.32 Å². The van der Waals surface area contributed by atoms with Gasteiger partial charge in [0.05, 0.1) is 6.04 Å². The Balaban J connectivity index is 2.06. The van der Waals surface area contributed by atoms with Crippen LogP contribution in [0.2, 0.25) is 0 Å². The number of hydrogen-bond acceptors (Lipinski definition) is 3. The first-order chi connectivity index (χ1) is 9.58. The van der Waals surface area contributed by atoms with Crippen molar-refractivity contribution in [2.75, 3.05) is 6.54 Å². The quantitative estimate of drug-likeness (QED) is 0.818. The van der Waals surface area contributed by atoms with Crippen molar-refractivity contribution in [2.24, 2.45) is 11.7 Å². The van der Waals surface area contributed by atoms with Gasteiger partial charge in [-0.05, 0) is 31.4 Å². The van der Waals surface area contributed by atoms with Crippen LogP contribution in [0.15, 0.2) is 30.3 Å². The molecule has 1 fully saturated rings. The molecule has 1 aromatic rings. The average Bonchev–Trinajstić information content (AvgIpc) is 2.61. The lowest BCUT2D eigenvalue weighted by Gasteiger charge is -2.16. The molecule has 1 aliphatic heterocycles. The van der Waals surface area contributed by atoms with Crippen LogP contribution in [-0.4, -0.2) is 24.3 Å². The zero-order valence-electron chi connectivity index (χ0n) is 11.6. The molecule has 1 saturated heterocycles. The van der Waals surface area contributed by atoms with E-state index in [2.05, 4.69) is 5.32 Å². The number of benzene rings is 1. The largest absolute Gasteiger partial charge is 0.355 e. The van der Waals surface area contributed by atoms with Crippen LogP contribution >= 0.6 is 0 Å². The first kappa shape index (κ1) is 14.5. The lowest BCUT2D eigenvalue weighted by atomic mass is 9.91. The number of aryl methyl sites for hydroxylation is 1. The molecule has 20 heavy (non-hydrogen) atoms. The van der Waals surface area contributed by atoms with Gasteiger partial charge in [0.2, 0.25) is 5.91 Å². The van der Waals surface area contributed by atoms with E-state index >= 15 is 0 Å². The predicted octanol–water partition coefficient (Wildman–Crippen LogP) is 1.43. The highest BCUT2D eigenvalue weighted by molar-refractivity contribution is 5.99. The number of nitrogens with one attached hydrogen (secondary N) is 1. The molecule has 106 valence electrons. The molecule has 0 saturated carbocycles. The third kappa shape index (κ3) is 3.54. The highest BCUT2D eigenvalue weighted by Gasteiger charge is 2.30. The Morgan fingerprint density at radius 3 is 2.75 bits per heavy atom. The Hall–Kier alpha value is -1.94. The Labute approximate surface area is 119 Å². The number of nitrogens with two attached hydrogens (primary N) is 1. The Morgan fingerprint density at radius 2 is 2.05 bits per heavy atom. The summed E-state index contributed by atoms with van der Waals surface area (Å²) in [7, 11) is 0. The summed E-state index contributed by atoms with van der Waals surface area (Å²) in [6, 6.07) is 7.16. The van der Waals surface area contributed by atoms with Gasteiger partial charge in [0.15, 0.2) is 5.78 Å². The van der Waals surface area contributed by atoms with Crippen molar-refractivity contribution in [2.45, 2.75) is 25.8 Å². The molecule has 0 aromatic heterocycles. The fourth-order valence-corrected chi connectivity index (χ4v) is 2.31. The van der Waals surface area contributed by atoms with Crippen LogP contribution < -0.4 is 11.1 Å². The first-order valence-electron chi connectivity index (χ1n) is 6.90. The second-order valence-electron chi connectivity index (χ2n) is 5.21. The van der Waals surface area contributed by atoms with Gasteiger partial charge >= 0.3 is 0 Å². The van der Waals surface area contributed by atoms with E-state index in [0.717, 1.165) is 12.0 Å². The summed E-state index contributed by atoms with van der Waals surface area (Å²) in [4.78, 5) is 23.8. The first-order valence-corrected chi connectivity index (χ1v) is 6.90. The minimum absolute atomic E-state index is 0.0740. The summed E-state index contributed by atoms with van der Waals surface area (Å²) in [6.45, 7) is 2.61. The van der Waals surface area contributed by atoms with Gasteiger partial charge in [-0.15, -0.1) is 0 Å². The lowest BCUT2D eigenvalue weighted by molar-refractivity contribution is -0.127. The van der Waals surface area contributed by atoms with Gasteiger partial charge in [0, 0.05) is 12.5 Å². The Kier molecular flexibility index (Phi) is 4.69. The fourth-order valence-electron chi connectivity index (χ4n) is 2.31. The monoisotopic (exact) mass is 272 g/mol. The van der Waals surface area contributed by atoms with E-state index < -0.39 is 12.0 Å². The van der Waals surface area contributed by atoms with Gasteiger partial charge in [0.1, 0.15) is 0 Å². The molecule has 0 spiro atoms. The molecule has 1 aliphatic rings.